The van der Waals surface area contributed by atoms with E-state index in [1.165, 1.54) is 32.1 Å². The van der Waals surface area contributed by atoms with Crippen molar-refractivity contribution in [2.75, 3.05) is 0 Å². The van der Waals surface area contributed by atoms with Crippen molar-refractivity contribution in [1.82, 2.24) is 0 Å². The standard InChI is InChI=1S/C19H36O3/c1-4-6-8-10-12-14-19(21)22-17(3)15-16-18(20)13-11-9-7-5-2/h17H,4-16H2,1-3H3. The second-order valence-corrected chi connectivity index (χ2v) is 6.35. The molecule has 0 saturated heterocycles. The Hall–Kier alpha value is -0.860. The zero-order valence-corrected chi connectivity index (χ0v) is 15.0. The SMILES string of the molecule is CCCCCCCC(=O)OC(C)CCC(=O)CCCCCC. The van der Waals surface area contributed by atoms with Crippen LogP contribution < -0.4 is 0 Å². The fraction of sp³-hybridized carbons (Fsp3) is 0.895. The van der Waals surface area contributed by atoms with Crippen molar-refractivity contribution in [3.8, 4) is 0 Å². The van der Waals surface area contributed by atoms with Crippen molar-refractivity contribution >= 4 is 11.8 Å². The van der Waals surface area contributed by atoms with Crippen LogP contribution in [0.4, 0.5) is 0 Å². The van der Waals surface area contributed by atoms with Crippen molar-refractivity contribution in [2.45, 2.75) is 110 Å². The lowest BCUT2D eigenvalue weighted by Gasteiger charge is -2.12. The van der Waals surface area contributed by atoms with Crippen LogP contribution >= 0.6 is 0 Å². The van der Waals surface area contributed by atoms with Gasteiger partial charge in [0.2, 0.25) is 0 Å². The van der Waals surface area contributed by atoms with Crippen LogP contribution in [0, 0.1) is 0 Å². The second-order valence-electron chi connectivity index (χ2n) is 6.35. The number of esters is 1. The molecular formula is C19H36O3. The number of ether oxygens (including phenoxy) is 1. The third kappa shape index (κ3) is 14.1. The summed E-state index contributed by atoms with van der Waals surface area (Å²) in [5.74, 6) is 0.193. The largest absolute Gasteiger partial charge is 0.463 e. The van der Waals surface area contributed by atoms with Gasteiger partial charge in [0.25, 0.3) is 0 Å². The molecule has 0 aliphatic heterocycles. The molecule has 0 rings (SSSR count). The molecule has 0 amide bonds. The van der Waals surface area contributed by atoms with E-state index in [0.29, 0.717) is 31.5 Å². The Labute approximate surface area is 137 Å². The van der Waals surface area contributed by atoms with Crippen LogP contribution in [0.1, 0.15) is 104 Å². The van der Waals surface area contributed by atoms with E-state index in [9.17, 15) is 9.59 Å². The fourth-order valence-corrected chi connectivity index (χ4v) is 2.45. The summed E-state index contributed by atoms with van der Waals surface area (Å²) in [4.78, 5) is 23.4. The van der Waals surface area contributed by atoms with Gasteiger partial charge in [-0.25, -0.2) is 0 Å². The summed E-state index contributed by atoms with van der Waals surface area (Å²) in [6.07, 6.45) is 12.5. The van der Waals surface area contributed by atoms with Crippen molar-refractivity contribution in [2.24, 2.45) is 0 Å². The van der Waals surface area contributed by atoms with Gasteiger partial charge in [-0.1, -0.05) is 58.8 Å². The molecule has 0 aromatic rings. The number of rotatable bonds is 15. The van der Waals surface area contributed by atoms with Crippen LogP contribution in [0.2, 0.25) is 0 Å². The average molecular weight is 312 g/mol. The first-order chi connectivity index (χ1) is 10.6. The van der Waals surface area contributed by atoms with E-state index < -0.39 is 0 Å². The Morgan fingerprint density at radius 3 is 1.95 bits per heavy atom. The predicted molar refractivity (Wildman–Crippen MR) is 91.9 cm³/mol. The zero-order chi connectivity index (χ0) is 16.6. The molecule has 0 radical (unpaired) electrons. The summed E-state index contributed by atoms with van der Waals surface area (Å²) in [7, 11) is 0. The van der Waals surface area contributed by atoms with Gasteiger partial charge in [-0.15, -0.1) is 0 Å². The Morgan fingerprint density at radius 2 is 1.32 bits per heavy atom. The molecule has 0 aliphatic rings. The minimum absolute atomic E-state index is 0.112. The number of unbranched alkanes of at least 4 members (excludes halogenated alkanes) is 7. The lowest BCUT2D eigenvalue weighted by atomic mass is 10.1. The quantitative estimate of drug-likeness (QED) is 0.292. The number of Topliss-reactive ketones (excluding diaryl/α,β-unsaturated/α-hetero) is 1. The Morgan fingerprint density at radius 1 is 0.773 bits per heavy atom. The second kappa shape index (κ2) is 15.1. The molecule has 1 atom stereocenters. The van der Waals surface area contributed by atoms with Crippen molar-refractivity contribution in [1.29, 1.82) is 0 Å². The summed E-state index contributed by atoms with van der Waals surface area (Å²) in [5, 5.41) is 0. The Balaban J connectivity index is 3.56. The number of carbonyl (C=O) groups excluding carboxylic acids is 2. The molecule has 0 heterocycles. The summed E-state index contributed by atoms with van der Waals surface area (Å²) >= 11 is 0. The van der Waals surface area contributed by atoms with Gasteiger partial charge in [-0.2, -0.15) is 0 Å². The topological polar surface area (TPSA) is 43.4 Å². The van der Waals surface area contributed by atoms with Crippen molar-refractivity contribution < 1.29 is 14.3 Å². The minimum atomic E-state index is -0.136. The van der Waals surface area contributed by atoms with Crippen molar-refractivity contribution in [3.05, 3.63) is 0 Å². The molecule has 0 fully saturated rings. The maximum atomic E-state index is 11.7. The first-order valence-corrected chi connectivity index (χ1v) is 9.31. The molecule has 0 aliphatic carbocycles. The number of ketones is 1. The smallest absolute Gasteiger partial charge is 0.306 e. The first kappa shape index (κ1) is 21.1. The molecule has 0 aromatic carbocycles. The van der Waals surface area contributed by atoms with Gasteiger partial charge in [0.1, 0.15) is 5.78 Å². The molecule has 22 heavy (non-hydrogen) atoms. The highest BCUT2D eigenvalue weighted by Gasteiger charge is 2.11. The molecule has 3 nitrogen and oxygen atoms in total. The number of hydrogen-bond acceptors (Lipinski definition) is 3. The molecule has 0 spiro atoms. The van der Waals surface area contributed by atoms with Crippen molar-refractivity contribution in [3.63, 3.8) is 0 Å². The lowest BCUT2D eigenvalue weighted by Crippen LogP contribution is -2.16. The third-order valence-electron chi connectivity index (χ3n) is 3.96. The van der Waals surface area contributed by atoms with E-state index >= 15 is 0 Å². The molecule has 0 saturated carbocycles. The van der Waals surface area contributed by atoms with Crippen LogP contribution in [0.5, 0.6) is 0 Å². The van der Waals surface area contributed by atoms with Crippen LogP contribution in [-0.4, -0.2) is 17.9 Å². The molecule has 0 bridgehead atoms. The van der Waals surface area contributed by atoms with Crippen LogP contribution in [0.25, 0.3) is 0 Å². The monoisotopic (exact) mass is 312 g/mol. The maximum Gasteiger partial charge on any atom is 0.306 e. The average Bonchev–Trinajstić information content (AvgIpc) is 2.49. The summed E-state index contributed by atoms with van der Waals surface area (Å²) in [6, 6.07) is 0. The molecule has 1 unspecified atom stereocenters. The Kier molecular flexibility index (Phi) is 14.5. The highest BCUT2D eigenvalue weighted by molar-refractivity contribution is 5.78. The van der Waals surface area contributed by atoms with E-state index in [-0.39, 0.29) is 12.1 Å². The van der Waals surface area contributed by atoms with Gasteiger partial charge >= 0.3 is 5.97 Å². The molecule has 0 N–H and O–H groups in total. The summed E-state index contributed by atoms with van der Waals surface area (Å²) in [5.41, 5.74) is 0. The Bertz CT molecular complexity index is 286. The van der Waals surface area contributed by atoms with Gasteiger partial charge in [-0.3, -0.25) is 9.59 Å². The lowest BCUT2D eigenvalue weighted by molar-refractivity contribution is -0.149. The van der Waals surface area contributed by atoms with Gasteiger partial charge in [-0.05, 0) is 26.2 Å². The van der Waals surface area contributed by atoms with Crippen LogP contribution in [-0.2, 0) is 14.3 Å². The normalized spacial score (nSPS) is 12.1. The number of carbonyl (C=O) groups is 2. The molecule has 130 valence electrons. The van der Waals surface area contributed by atoms with Crippen LogP contribution in [0.15, 0.2) is 0 Å². The summed E-state index contributed by atoms with van der Waals surface area (Å²) < 4.78 is 5.36. The third-order valence-corrected chi connectivity index (χ3v) is 3.96. The van der Waals surface area contributed by atoms with E-state index in [0.717, 1.165) is 25.7 Å². The number of hydrogen-bond donors (Lipinski definition) is 0. The van der Waals surface area contributed by atoms with Gasteiger partial charge < -0.3 is 4.74 Å². The fourth-order valence-electron chi connectivity index (χ4n) is 2.45. The summed E-state index contributed by atoms with van der Waals surface area (Å²) in [6.45, 7) is 6.24. The first-order valence-electron chi connectivity index (χ1n) is 9.31. The van der Waals surface area contributed by atoms with Gasteiger partial charge in [0, 0.05) is 19.3 Å². The van der Waals surface area contributed by atoms with Gasteiger partial charge in [0.15, 0.2) is 0 Å². The predicted octanol–water partition coefficient (Wildman–Crippen LogP) is 5.60. The molecule has 3 heteroatoms. The molecule has 0 aromatic heterocycles. The van der Waals surface area contributed by atoms with E-state index in [1.807, 2.05) is 6.92 Å². The van der Waals surface area contributed by atoms with E-state index in [1.54, 1.807) is 0 Å². The zero-order valence-electron chi connectivity index (χ0n) is 15.0. The van der Waals surface area contributed by atoms with E-state index in [2.05, 4.69) is 13.8 Å². The van der Waals surface area contributed by atoms with Gasteiger partial charge in [0.05, 0.1) is 6.10 Å². The van der Waals surface area contributed by atoms with E-state index in [4.69, 9.17) is 4.74 Å². The molecular weight excluding hydrogens is 276 g/mol. The highest BCUT2D eigenvalue weighted by Crippen LogP contribution is 2.11. The van der Waals surface area contributed by atoms with Crippen LogP contribution in [0.3, 0.4) is 0 Å². The minimum Gasteiger partial charge on any atom is -0.463 e. The highest BCUT2D eigenvalue weighted by atomic mass is 16.5. The maximum absolute atomic E-state index is 11.7.